The predicted octanol–water partition coefficient (Wildman–Crippen LogP) is 1.94. The maximum atomic E-state index is 11.9. The van der Waals surface area contributed by atoms with Gasteiger partial charge in [-0.2, -0.15) is 5.26 Å². The molecule has 0 unspecified atom stereocenters. The molecule has 0 amide bonds. The zero-order chi connectivity index (χ0) is 14.7. The fourth-order valence-electron chi connectivity index (χ4n) is 2.38. The van der Waals surface area contributed by atoms with Crippen molar-refractivity contribution >= 4 is 27.8 Å². The summed E-state index contributed by atoms with van der Waals surface area (Å²) < 4.78 is 0. The van der Waals surface area contributed by atoms with E-state index >= 15 is 0 Å². The number of nitrogen functional groups attached to an aromatic ring is 1. The second kappa shape index (κ2) is 6.25. The molecule has 5 nitrogen and oxygen atoms in total. The molecule has 0 saturated carbocycles. The van der Waals surface area contributed by atoms with E-state index in [0.29, 0.717) is 22.5 Å². The summed E-state index contributed by atoms with van der Waals surface area (Å²) in [5, 5.41) is 10.2. The molecule has 2 heterocycles. The Labute approximate surface area is 123 Å². The molecule has 1 aliphatic rings. The molecule has 0 atom stereocenters. The Balaban J connectivity index is 2.36. The predicted molar refractivity (Wildman–Crippen MR) is 82.4 cm³/mol. The Morgan fingerprint density at radius 1 is 1.40 bits per heavy atom. The summed E-state index contributed by atoms with van der Waals surface area (Å²) in [7, 11) is 2.10. The van der Waals surface area contributed by atoms with E-state index in [-0.39, 0.29) is 5.78 Å². The van der Waals surface area contributed by atoms with Crippen molar-refractivity contribution in [3.63, 3.8) is 0 Å². The number of rotatable bonds is 3. The molecule has 1 aliphatic heterocycles. The molecular formula is C14H20N4OS. The quantitative estimate of drug-likeness (QED) is 0.862. The van der Waals surface area contributed by atoms with Gasteiger partial charge in [0.25, 0.3) is 0 Å². The molecule has 0 aliphatic carbocycles. The van der Waals surface area contributed by atoms with Crippen LogP contribution in [-0.2, 0) is 0 Å². The van der Waals surface area contributed by atoms with Crippen LogP contribution in [0.15, 0.2) is 0 Å². The largest absolute Gasteiger partial charge is 0.396 e. The van der Waals surface area contributed by atoms with E-state index in [1.165, 1.54) is 11.3 Å². The van der Waals surface area contributed by atoms with E-state index in [1.807, 2.05) is 6.92 Å². The lowest BCUT2D eigenvalue weighted by Crippen LogP contribution is -2.28. The van der Waals surface area contributed by atoms with Crippen LogP contribution in [0.2, 0.25) is 0 Å². The maximum Gasteiger partial charge on any atom is 0.174 e. The Morgan fingerprint density at radius 3 is 2.80 bits per heavy atom. The highest BCUT2D eigenvalue weighted by atomic mass is 32.1. The third kappa shape index (κ3) is 2.79. The van der Waals surface area contributed by atoms with Gasteiger partial charge in [0.1, 0.15) is 16.6 Å². The number of anilines is 2. The molecule has 1 saturated heterocycles. The molecule has 0 radical (unpaired) electrons. The smallest absolute Gasteiger partial charge is 0.174 e. The molecule has 20 heavy (non-hydrogen) atoms. The number of nitriles is 1. The van der Waals surface area contributed by atoms with Gasteiger partial charge in [0.05, 0.1) is 10.6 Å². The number of hydrogen-bond acceptors (Lipinski definition) is 6. The lowest BCUT2D eigenvalue weighted by atomic mass is 10.2. The van der Waals surface area contributed by atoms with Crippen molar-refractivity contribution in [1.82, 2.24) is 4.90 Å². The second-order valence-corrected chi connectivity index (χ2v) is 6.06. The first kappa shape index (κ1) is 14.8. The molecule has 1 aromatic heterocycles. The van der Waals surface area contributed by atoms with Gasteiger partial charge in [-0.25, -0.2) is 0 Å². The van der Waals surface area contributed by atoms with Gasteiger partial charge < -0.3 is 15.5 Å². The first-order chi connectivity index (χ1) is 9.58. The fraction of sp³-hybridized carbons (Fsp3) is 0.571. The lowest BCUT2D eigenvalue weighted by Gasteiger charge is -2.21. The third-order valence-corrected chi connectivity index (χ3v) is 4.93. The summed E-state index contributed by atoms with van der Waals surface area (Å²) >= 11 is 1.37. The molecule has 1 fully saturated rings. The van der Waals surface area contributed by atoms with Gasteiger partial charge in [0.2, 0.25) is 0 Å². The molecule has 0 aromatic carbocycles. The summed E-state index contributed by atoms with van der Waals surface area (Å²) in [5.74, 6) is 0.0159. The highest BCUT2D eigenvalue weighted by Crippen LogP contribution is 2.38. The van der Waals surface area contributed by atoms with Crippen LogP contribution in [0.25, 0.3) is 0 Å². The van der Waals surface area contributed by atoms with Crippen molar-refractivity contribution in [2.75, 3.05) is 43.9 Å². The standard InChI is InChI=1S/C14H20N4OS/c1-3-11(19)13-12(16)10(9-15)14(20-13)18-6-4-5-17(2)7-8-18/h3-8,16H2,1-2H3. The summed E-state index contributed by atoms with van der Waals surface area (Å²) in [6, 6.07) is 2.17. The number of nitrogens with two attached hydrogens (primary N) is 1. The molecule has 1 aromatic rings. The van der Waals surface area contributed by atoms with Crippen molar-refractivity contribution in [3.8, 4) is 6.07 Å². The van der Waals surface area contributed by atoms with E-state index in [4.69, 9.17) is 5.73 Å². The molecule has 6 heteroatoms. The maximum absolute atomic E-state index is 11.9. The summed E-state index contributed by atoms with van der Waals surface area (Å²) in [5.41, 5.74) is 6.82. The van der Waals surface area contributed by atoms with Gasteiger partial charge in [0.15, 0.2) is 5.78 Å². The van der Waals surface area contributed by atoms with Crippen molar-refractivity contribution < 1.29 is 4.79 Å². The Bertz CT molecular complexity index is 546. The number of Topliss-reactive ketones (excluding diaryl/α,β-unsaturated/α-hetero) is 1. The Kier molecular flexibility index (Phi) is 4.63. The number of likely N-dealkylation sites (N-methyl/N-ethyl adjacent to an activating group) is 1. The van der Waals surface area contributed by atoms with Crippen LogP contribution in [0, 0.1) is 11.3 Å². The van der Waals surface area contributed by atoms with Gasteiger partial charge in [-0.3, -0.25) is 4.79 Å². The monoisotopic (exact) mass is 292 g/mol. The molecule has 0 bridgehead atoms. The van der Waals surface area contributed by atoms with E-state index in [2.05, 4.69) is 22.9 Å². The third-order valence-electron chi connectivity index (χ3n) is 3.62. The second-order valence-electron chi connectivity index (χ2n) is 5.06. The number of ketones is 1. The van der Waals surface area contributed by atoms with Crippen LogP contribution in [0.1, 0.15) is 35.0 Å². The number of nitrogens with zero attached hydrogens (tertiary/aromatic N) is 3. The molecule has 0 spiro atoms. The minimum atomic E-state index is 0.0159. The average molecular weight is 292 g/mol. The van der Waals surface area contributed by atoms with E-state index in [1.54, 1.807) is 0 Å². The normalized spacial score (nSPS) is 16.8. The summed E-state index contributed by atoms with van der Waals surface area (Å²) in [6.45, 7) is 5.59. The van der Waals surface area contributed by atoms with Crippen LogP contribution in [0.4, 0.5) is 10.7 Å². The molecule has 2 N–H and O–H groups in total. The van der Waals surface area contributed by atoms with Gasteiger partial charge in [0, 0.05) is 26.1 Å². The first-order valence-electron chi connectivity index (χ1n) is 6.87. The topological polar surface area (TPSA) is 73.4 Å². The molecule has 2 rings (SSSR count). The molecular weight excluding hydrogens is 272 g/mol. The van der Waals surface area contributed by atoms with Gasteiger partial charge in [-0.15, -0.1) is 11.3 Å². The van der Waals surface area contributed by atoms with Crippen LogP contribution in [-0.4, -0.2) is 43.9 Å². The lowest BCUT2D eigenvalue weighted by molar-refractivity contribution is 0.0993. The minimum absolute atomic E-state index is 0.0159. The van der Waals surface area contributed by atoms with E-state index in [9.17, 15) is 10.1 Å². The summed E-state index contributed by atoms with van der Waals surface area (Å²) in [6.07, 6.45) is 1.47. The number of carbonyl (C=O) groups excluding carboxylic acids is 1. The van der Waals surface area contributed by atoms with Gasteiger partial charge >= 0.3 is 0 Å². The molecule has 108 valence electrons. The first-order valence-corrected chi connectivity index (χ1v) is 7.69. The SMILES string of the molecule is CCC(=O)c1sc(N2CCCN(C)CC2)c(C#N)c1N. The van der Waals surface area contributed by atoms with Crippen molar-refractivity contribution in [2.45, 2.75) is 19.8 Å². The van der Waals surface area contributed by atoms with Crippen molar-refractivity contribution in [2.24, 2.45) is 0 Å². The average Bonchev–Trinajstić information content (AvgIpc) is 2.62. The highest BCUT2D eigenvalue weighted by molar-refractivity contribution is 7.19. The van der Waals surface area contributed by atoms with E-state index < -0.39 is 0 Å². The summed E-state index contributed by atoms with van der Waals surface area (Å²) in [4.78, 5) is 16.9. The fourth-order valence-corrected chi connectivity index (χ4v) is 3.61. The van der Waals surface area contributed by atoms with Crippen LogP contribution in [0.3, 0.4) is 0 Å². The zero-order valence-electron chi connectivity index (χ0n) is 12.0. The van der Waals surface area contributed by atoms with Crippen molar-refractivity contribution in [1.29, 1.82) is 5.26 Å². The van der Waals surface area contributed by atoms with Crippen LogP contribution in [0.5, 0.6) is 0 Å². The van der Waals surface area contributed by atoms with Crippen LogP contribution < -0.4 is 10.6 Å². The number of carbonyl (C=O) groups is 1. The Morgan fingerprint density at radius 2 is 2.15 bits per heavy atom. The highest BCUT2D eigenvalue weighted by Gasteiger charge is 2.24. The number of thiophene rings is 1. The number of hydrogen-bond donors (Lipinski definition) is 1. The minimum Gasteiger partial charge on any atom is -0.396 e. The van der Waals surface area contributed by atoms with Crippen LogP contribution >= 0.6 is 11.3 Å². The Hall–Kier alpha value is -1.58. The van der Waals surface area contributed by atoms with E-state index in [0.717, 1.165) is 37.6 Å². The van der Waals surface area contributed by atoms with Gasteiger partial charge in [-0.1, -0.05) is 6.92 Å². The van der Waals surface area contributed by atoms with Gasteiger partial charge in [-0.05, 0) is 20.0 Å². The van der Waals surface area contributed by atoms with Crippen molar-refractivity contribution in [3.05, 3.63) is 10.4 Å². The zero-order valence-corrected chi connectivity index (χ0v) is 12.8.